The van der Waals surface area contributed by atoms with Crippen LogP contribution in [0.1, 0.15) is 20.8 Å². The van der Waals surface area contributed by atoms with Crippen molar-refractivity contribution in [3.05, 3.63) is 40.9 Å². The Morgan fingerprint density at radius 2 is 1.74 bits per heavy atom. The summed E-state index contributed by atoms with van der Waals surface area (Å²) in [5.41, 5.74) is 5.01. The van der Waals surface area contributed by atoms with Crippen LogP contribution < -0.4 is 15.8 Å². The van der Waals surface area contributed by atoms with E-state index >= 15 is 0 Å². The minimum absolute atomic E-state index is 0.112. The SMILES string of the molecule is CS(=O)(=O)c1ccc(C(=O)NNC(=O)c2csc(N3CCOCC3)n2)cc1. The molecular formula is C16H18N4O5S2. The normalized spacial score (nSPS) is 14.6. The van der Waals surface area contributed by atoms with Crippen molar-refractivity contribution in [2.24, 2.45) is 0 Å². The second-order valence-electron chi connectivity index (χ2n) is 5.82. The summed E-state index contributed by atoms with van der Waals surface area (Å²) < 4.78 is 28.1. The molecule has 2 heterocycles. The van der Waals surface area contributed by atoms with Crippen molar-refractivity contribution in [3.63, 3.8) is 0 Å². The third-order valence-corrected chi connectivity index (χ3v) is 5.87. The van der Waals surface area contributed by atoms with Gasteiger partial charge in [-0.1, -0.05) is 0 Å². The van der Waals surface area contributed by atoms with Crippen LogP contribution in [0, 0.1) is 0 Å². The summed E-state index contributed by atoms with van der Waals surface area (Å²) >= 11 is 1.35. The number of rotatable bonds is 4. The van der Waals surface area contributed by atoms with E-state index in [-0.39, 0.29) is 16.2 Å². The van der Waals surface area contributed by atoms with E-state index in [0.717, 1.165) is 24.5 Å². The Balaban J connectivity index is 1.57. The van der Waals surface area contributed by atoms with Crippen LogP contribution in [0.4, 0.5) is 5.13 Å². The maximum absolute atomic E-state index is 12.2. The minimum atomic E-state index is -3.33. The molecule has 0 saturated carbocycles. The first kappa shape index (κ1) is 19.3. The van der Waals surface area contributed by atoms with Gasteiger partial charge in [0.1, 0.15) is 5.69 Å². The van der Waals surface area contributed by atoms with Gasteiger partial charge in [0.2, 0.25) is 0 Å². The Morgan fingerprint density at radius 1 is 1.11 bits per heavy atom. The van der Waals surface area contributed by atoms with Crippen molar-refractivity contribution in [1.82, 2.24) is 15.8 Å². The number of hydrogen-bond donors (Lipinski definition) is 2. The molecule has 11 heteroatoms. The highest BCUT2D eigenvalue weighted by molar-refractivity contribution is 7.90. The molecule has 2 N–H and O–H groups in total. The van der Waals surface area contributed by atoms with Gasteiger partial charge in [0.15, 0.2) is 15.0 Å². The number of nitrogens with one attached hydrogen (secondary N) is 2. The number of hydrazine groups is 1. The van der Waals surface area contributed by atoms with Crippen molar-refractivity contribution in [3.8, 4) is 0 Å². The van der Waals surface area contributed by atoms with Gasteiger partial charge >= 0.3 is 0 Å². The highest BCUT2D eigenvalue weighted by atomic mass is 32.2. The summed E-state index contributed by atoms with van der Waals surface area (Å²) in [6.45, 7) is 2.67. The molecule has 1 saturated heterocycles. The molecule has 1 aliphatic heterocycles. The summed E-state index contributed by atoms with van der Waals surface area (Å²) in [4.78, 5) is 30.7. The van der Waals surface area contributed by atoms with E-state index in [1.807, 2.05) is 4.90 Å². The number of sulfone groups is 1. The van der Waals surface area contributed by atoms with Crippen LogP contribution in [0.5, 0.6) is 0 Å². The molecule has 1 fully saturated rings. The zero-order chi connectivity index (χ0) is 19.4. The van der Waals surface area contributed by atoms with Gasteiger partial charge in [0.05, 0.1) is 18.1 Å². The molecule has 144 valence electrons. The lowest BCUT2D eigenvalue weighted by Gasteiger charge is -2.25. The molecule has 1 aliphatic rings. The van der Waals surface area contributed by atoms with Crippen LogP contribution in [0.3, 0.4) is 0 Å². The van der Waals surface area contributed by atoms with Gasteiger partial charge in [-0.15, -0.1) is 11.3 Å². The Labute approximate surface area is 160 Å². The maximum Gasteiger partial charge on any atom is 0.289 e. The van der Waals surface area contributed by atoms with Gasteiger partial charge in [-0.05, 0) is 24.3 Å². The summed E-state index contributed by atoms with van der Waals surface area (Å²) in [7, 11) is -3.33. The molecule has 27 heavy (non-hydrogen) atoms. The number of hydrogen-bond acceptors (Lipinski definition) is 8. The average Bonchev–Trinajstić information content (AvgIpc) is 3.16. The monoisotopic (exact) mass is 410 g/mol. The smallest absolute Gasteiger partial charge is 0.289 e. The lowest BCUT2D eigenvalue weighted by Crippen LogP contribution is -2.41. The van der Waals surface area contributed by atoms with Crippen molar-refractivity contribution in [1.29, 1.82) is 0 Å². The zero-order valence-electron chi connectivity index (χ0n) is 14.5. The Morgan fingerprint density at radius 3 is 2.37 bits per heavy atom. The molecule has 0 spiro atoms. The molecule has 2 aromatic rings. The van der Waals surface area contributed by atoms with Crippen LogP contribution in [-0.4, -0.2) is 57.8 Å². The predicted octanol–water partition coefficient (Wildman–Crippen LogP) is 0.458. The molecule has 0 bridgehead atoms. The van der Waals surface area contributed by atoms with E-state index in [2.05, 4.69) is 15.8 Å². The van der Waals surface area contributed by atoms with E-state index in [0.29, 0.717) is 13.2 Å². The predicted molar refractivity (Wildman–Crippen MR) is 99.6 cm³/mol. The maximum atomic E-state index is 12.2. The number of benzene rings is 1. The summed E-state index contributed by atoms with van der Waals surface area (Å²) in [6.07, 6.45) is 1.08. The van der Waals surface area contributed by atoms with E-state index in [1.165, 1.54) is 35.6 Å². The number of thiazole rings is 1. The number of nitrogens with zero attached hydrogens (tertiary/aromatic N) is 2. The van der Waals surface area contributed by atoms with Crippen LogP contribution >= 0.6 is 11.3 Å². The number of amides is 2. The summed E-state index contributed by atoms with van der Waals surface area (Å²) in [5.74, 6) is -1.10. The number of carbonyl (C=O) groups excluding carboxylic acids is 2. The van der Waals surface area contributed by atoms with Crippen molar-refractivity contribution in [2.45, 2.75) is 4.90 Å². The number of aromatic nitrogens is 1. The Bertz CT molecular complexity index is 934. The Hall–Kier alpha value is -2.50. The molecule has 2 amide bonds. The zero-order valence-corrected chi connectivity index (χ0v) is 16.1. The molecule has 3 rings (SSSR count). The van der Waals surface area contributed by atoms with Crippen molar-refractivity contribution in [2.75, 3.05) is 37.5 Å². The first-order valence-electron chi connectivity index (χ1n) is 8.03. The van der Waals surface area contributed by atoms with Crippen LogP contribution in [0.2, 0.25) is 0 Å². The quantitative estimate of drug-likeness (QED) is 0.703. The third kappa shape index (κ3) is 4.81. The van der Waals surface area contributed by atoms with Gasteiger partial charge in [-0.25, -0.2) is 13.4 Å². The lowest BCUT2D eigenvalue weighted by molar-refractivity contribution is 0.0844. The highest BCUT2D eigenvalue weighted by Gasteiger charge is 2.18. The van der Waals surface area contributed by atoms with Crippen LogP contribution in [0.15, 0.2) is 34.5 Å². The summed E-state index contributed by atoms with van der Waals surface area (Å²) in [6, 6.07) is 5.41. The Kier molecular flexibility index (Phi) is 5.73. The van der Waals surface area contributed by atoms with E-state index < -0.39 is 21.7 Å². The first-order valence-corrected chi connectivity index (χ1v) is 10.8. The highest BCUT2D eigenvalue weighted by Crippen LogP contribution is 2.21. The second kappa shape index (κ2) is 8.03. The van der Waals surface area contributed by atoms with Gasteiger partial charge in [0.25, 0.3) is 11.8 Å². The molecule has 0 unspecified atom stereocenters. The fourth-order valence-electron chi connectivity index (χ4n) is 2.37. The van der Waals surface area contributed by atoms with E-state index in [4.69, 9.17) is 4.74 Å². The van der Waals surface area contributed by atoms with Gasteiger partial charge in [0, 0.05) is 30.3 Å². The van der Waals surface area contributed by atoms with Gasteiger partial charge < -0.3 is 9.64 Å². The molecule has 0 atom stereocenters. The lowest BCUT2D eigenvalue weighted by atomic mass is 10.2. The molecule has 0 aliphatic carbocycles. The standard InChI is InChI=1S/C16H18N4O5S2/c1-27(23,24)12-4-2-11(3-5-12)14(21)18-19-15(22)13-10-26-16(17-13)20-6-8-25-9-7-20/h2-5,10H,6-9H2,1H3,(H,18,21)(H,19,22). The third-order valence-electron chi connectivity index (χ3n) is 3.84. The average molecular weight is 410 g/mol. The van der Waals surface area contributed by atoms with Crippen LogP contribution in [-0.2, 0) is 14.6 Å². The van der Waals surface area contributed by atoms with Gasteiger partial charge in [-0.2, -0.15) is 0 Å². The van der Waals surface area contributed by atoms with Gasteiger partial charge in [-0.3, -0.25) is 20.4 Å². The molecule has 9 nitrogen and oxygen atoms in total. The summed E-state index contributed by atoms with van der Waals surface area (Å²) in [5, 5.41) is 2.35. The first-order chi connectivity index (χ1) is 12.8. The molecule has 0 radical (unpaired) electrons. The van der Waals surface area contributed by atoms with E-state index in [9.17, 15) is 18.0 Å². The van der Waals surface area contributed by atoms with Crippen molar-refractivity contribution < 1.29 is 22.7 Å². The minimum Gasteiger partial charge on any atom is -0.378 e. The fraction of sp³-hybridized carbons (Fsp3) is 0.312. The topological polar surface area (TPSA) is 118 Å². The number of carbonyl (C=O) groups is 2. The largest absolute Gasteiger partial charge is 0.378 e. The number of ether oxygens (including phenoxy) is 1. The molecule has 1 aromatic heterocycles. The van der Waals surface area contributed by atoms with E-state index in [1.54, 1.807) is 5.38 Å². The molecular weight excluding hydrogens is 392 g/mol. The van der Waals surface area contributed by atoms with Crippen LogP contribution in [0.25, 0.3) is 0 Å². The van der Waals surface area contributed by atoms with Crippen molar-refractivity contribution >= 4 is 38.1 Å². The fourth-order valence-corrected chi connectivity index (χ4v) is 3.86. The second-order valence-corrected chi connectivity index (χ2v) is 8.67. The number of anilines is 1. The molecule has 1 aromatic carbocycles. The number of morpholine rings is 1.